The fourth-order valence-corrected chi connectivity index (χ4v) is 12.0. The second-order valence-electron chi connectivity index (χ2n) is 14.9. The summed E-state index contributed by atoms with van der Waals surface area (Å²) in [5.41, 5.74) is 13.3. The smallest absolute Gasteiger partial charge is 0.235 e. The maximum Gasteiger partial charge on any atom is 0.235 e. The number of thiophene rings is 2. The Kier molecular flexibility index (Phi) is 4.98. The first-order chi connectivity index (χ1) is 25.5. The zero-order valence-corrected chi connectivity index (χ0v) is 29.9. The molecule has 2 aliphatic carbocycles. The van der Waals surface area contributed by atoms with Crippen LogP contribution in [0.4, 0.5) is 0 Å². The molecule has 0 saturated heterocycles. The van der Waals surface area contributed by atoms with Gasteiger partial charge in [-0.25, -0.2) is 9.97 Å². The Morgan fingerprint density at radius 2 is 1.23 bits per heavy atom. The van der Waals surface area contributed by atoms with Crippen LogP contribution in [-0.2, 0) is 5.41 Å². The summed E-state index contributed by atoms with van der Waals surface area (Å²) >= 11 is 3.69. The van der Waals surface area contributed by atoms with Gasteiger partial charge in [0.05, 0.1) is 26.9 Å². The van der Waals surface area contributed by atoms with Crippen molar-refractivity contribution in [2.24, 2.45) is 0 Å². The number of hydrogen-bond acceptors (Lipinski definition) is 4. The van der Waals surface area contributed by atoms with Crippen LogP contribution in [0.2, 0.25) is 0 Å². The molecule has 5 heteroatoms. The predicted molar refractivity (Wildman–Crippen MR) is 222 cm³/mol. The van der Waals surface area contributed by atoms with Crippen molar-refractivity contribution in [1.82, 2.24) is 14.5 Å². The number of rotatable bonds is 2. The first kappa shape index (κ1) is 27.8. The van der Waals surface area contributed by atoms with Gasteiger partial charge < -0.3 is 0 Å². The molecule has 0 fully saturated rings. The summed E-state index contributed by atoms with van der Waals surface area (Å²) in [6, 6.07) is 47.3. The van der Waals surface area contributed by atoms with Crippen LogP contribution in [0.25, 0.3) is 113 Å². The van der Waals surface area contributed by atoms with Gasteiger partial charge in [0.1, 0.15) is 0 Å². The van der Waals surface area contributed by atoms with E-state index in [4.69, 9.17) is 9.97 Å². The third kappa shape index (κ3) is 3.24. The number of hydrogen-bond donors (Lipinski definition) is 0. The van der Waals surface area contributed by atoms with Gasteiger partial charge in [0.15, 0.2) is 0 Å². The Hall–Kier alpha value is -5.88. The molecule has 0 amide bonds. The molecule has 52 heavy (non-hydrogen) atoms. The Morgan fingerprint density at radius 3 is 2.15 bits per heavy atom. The van der Waals surface area contributed by atoms with Crippen molar-refractivity contribution in [2.45, 2.75) is 19.3 Å². The summed E-state index contributed by atoms with van der Waals surface area (Å²) < 4.78 is 7.35. The maximum atomic E-state index is 5.62. The van der Waals surface area contributed by atoms with Crippen molar-refractivity contribution in [3.05, 3.63) is 139 Å². The molecule has 11 aromatic rings. The van der Waals surface area contributed by atoms with Crippen molar-refractivity contribution >= 4 is 95.7 Å². The van der Waals surface area contributed by atoms with E-state index in [0.717, 1.165) is 32.5 Å². The molecule has 0 spiro atoms. The lowest BCUT2D eigenvalue weighted by Crippen LogP contribution is -2.15. The van der Waals surface area contributed by atoms with E-state index in [1.165, 1.54) is 85.2 Å². The summed E-state index contributed by atoms with van der Waals surface area (Å²) in [4.78, 5) is 11.1. The Morgan fingerprint density at radius 1 is 0.519 bits per heavy atom. The van der Waals surface area contributed by atoms with E-state index >= 15 is 0 Å². The number of benzene rings is 7. The standard InChI is InChI=1S/C47H27N3S2/c1-47(2)31-14-5-3-10-26(31)27-19-17-25(23-32(27)47)43-45-44(30-11-4-6-15-35(30)52-45)49-46(48-43)50-33-20-18-24-9-7-12-28-29-13-8-16-36-39(29)42-37(51-36)22-21-34(50)41(42)40(33)38(24)28/h3-23H,1-2H3. The molecular weight excluding hydrogens is 671 g/mol. The SMILES string of the molecule is CC1(C)c2ccccc2-c2ccc(-c3nc(-n4c5ccc6cccc7c6c5c5c6c(ccc54)sc4cccc-7c46)nc4c3sc3ccccc34)cc21. The molecule has 7 aromatic carbocycles. The summed E-state index contributed by atoms with van der Waals surface area (Å²) in [5.74, 6) is 0.714. The summed E-state index contributed by atoms with van der Waals surface area (Å²) in [5, 5.41) is 9.05. The first-order valence-corrected chi connectivity index (χ1v) is 19.5. The highest BCUT2D eigenvalue weighted by Gasteiger charge is 2.36. The van der Waals surface area contributed by atoms with Crippen LogP contribution in [0.15, 0.2) is 127 Å². The third-order valence-electron chi connectivity index (χ3n) is 12.0. The fourth-order valence-electron chi connectivity index (χ4n) is 9.67. The van der Waals surface area contributed by atoms with Crippen LogP contribution in [0, 0.1) is 0 Å². The Balaban J connectivity index is 1.18. The summed E-state index contributed by atoms with van der Waals surface area (Å²) in [7, 11) is 0. The molecule has 4 heterocycles. The molecule has 0 unspecified atom stereocenters. The average molecular weight is 698 g/mol. The molecule has 0 atom stereocenters. The lowest BCUT2D eigenvalue weighted by atomic mass is 9.82. The molecular formula is C47H27N3S2. The highest BCUT2D eigenvalue weighted by molar-refractivity contribution is 7.26. The molecule has 3 nitrogen and oxygen atoms in total. The van der Waals surface area contributed by atoms with E-state index < -0.39 is 0 Å². The van der Waals surface area contributed by atoms with Gasteiger partial charge in [0, 0.05) is 52.0 Å². The van der Waals surface area contributed by atoms with Gasteiger partial charge in [0.25, 0.3) is 0 Å². The normalized spacial score (nSPS) is 14.1. The Bertz CT molecular complexity index is 3450. The minimum absolute atomic E-state index is 0.107. The van der Waals surface area contributed by atoms with Crippen molar-refractivity contribution in [3.63, 3.8) is 0 Å². The van der Waals surface area contributed by atoms with Gasteiger partial charge in [-0.15, -0.1) is 22.7 Å². The van der Waals surface area contributed by atoms with Crippen molar-refractivity contribution in [3.8, 4) is 39.5 Å². The van der Waals surface area contributed by atoms with E-state index in [1.54, 1.807) is 11.3 Å². The van der Waals surface area contributed by atoms with Crippen LogP contribution >= 0.6 is 22.7 Å². The van der Waals surface area contributed by atoms with E-state index in [9.17, 15) is 0 Å². The van der Waals surface area contributed by atoms with E-state index in [-0.39, 0.29) is 5.41 Å². The number of nitrogens with zero attached hydrogens (tertiary/aromatic N) is 3. The minimum Gasteiger partial charge on any atom is -0.278 e. The fraction of sp³-hybridized carbons (Fsp3) is 0.0638. The van der Waals surface area contributed by atoms with Crippen molar-refractivity contribution in [2.75, 3.05) is 0 Å². The number of fused-ring (bicyclic) bond motifs is 7. The second-order valence-corrected chi connectivity index (χ2v) is 17.0. The first-order valence-electron chi connectivity index (χ1n) is 17.8. The molecule has 0 saturated carbocycles. The van der Waals surface area contributed by atoms with Crippen LogP contribution in [-0.4, -0.2) is 14.5 Å². The van der Waals surface area contributed by atoms with E-state index in [2.05, 4.69) is 146 Å². The minimum atomic E-state index is -0.107. The molecule has 4 aromatic heterocycles. The zero-order valence-electron chi connectivity index (χ0n) is 28.3. The Labute approximate surface area is 306 Å². The van der Waals surface area contributed by atoms with Crippen molar-refractivity contribution in [1.29, 1.82) is 0 Å². The second kappa shape index (κ2) is 9.31. The highest BCUT2D eigenvalue weighted by Crippen LogP contribution is 2.53. The molecule has 2 aliphatic rings. The van der Waals surface area contributed by atoms with Gasteiger partial charge in [-0.3, -0.25) is 4.57 Å². The highest BCUT2D eigenvalue weighted by atomic mass is 32.1. The van der Waals surface area contributed by atoms with Gasteiger partial charge in [0.2, 0.25) is 5.95 Å². The van der Waals surface area contributed by atoms with Gasteiger partial charge >= 0.3 is 0 Å². The lowest BCUT2D eigenvalue weighted by Gasteiger charge is -2.22. The van der Waals surface area contributed by atoms with Crippen LogP contribution in [0.3, 0.4) is 0 Å². The largest absolute Gasteiger partial charge is 0.278 e. The average Bonchev–Trinajstić information content (AvgIpc) is 3.88. The maximum absolute atomic E-state index is 5.62. The zero-order chi connectivity index (χ0) is 34.0. The van der Waals surface area contributed by atoms with Gasteiger partial charge in [-0.2, -0.15) is 0 Å². The topological polar surface area (TPSA) is 30.7 Å². The van der Waals surface area contributed by atoms with Gasteiger partial charge in [-0.05, 0) is 80.6 Å². The number of aromatic nitrogens is 3. The van der Waals surface area contributed by atoms with Crippen LogP contribution in [0.5, 0.6) is 0 Å². The lowest BCUT2D eigenvalue weighted by molar-refractivity contribution is 0.660. The van der Waals surface area contributed by atoms with E-state index in [0.29, 0.717) is 5.95 Å². The molecule has 0 bridgehead atoms. The monoisotopic (exact) mass is 697 g/mol. The molecule has 0 aliphatic heterocycles. The molecule has 0 N–H and O–H groups in total. The van der Waals surface area contributed by atoms with Gasteiger partial charge in [-0.1, -0.05) is 105 Å². The van der Waals surface area contributed by atoms with Crippen LogP contribution in [0.1, 0.15) is 25.0 Å². The third-order valence-corrected chi connectivity index (χ3v) is 14.2. The molecule has 0 radical (unpaired) electrons. The predicted octanol–water partition coefficient (Wildman–Crippen LogP) is 13.4. The molecule has 242 valence electrons. The quantitative estimate of drug-likeness (QED) is 0.180. The van der Waals surface area contributed by atoms with E-state index in [1.807, 2.05) is 11.3 Å². The summed E-state index contributed by atoms with van der Waals surface area (Å²) in [6.07, 6.45) is 0. The summed E-state index contributed by atoms with van der Waals surface area (Å²) in [6.45, 7) is 4.70. The molecule has 13 rings (SSSR count). The van der Waals surface area contributed by atoms with Crippen LogP contribution < -0.4 is 0 Å². The van der Waals surface area contributed by atoms with Crippen molar-refractivity contribution < 1.29 is 0 Å².